The Hall–Kier alpha value is -2.17. The second kappa shape index (κ2) is 9.55. The normalized spacial score (nSPS) is 28.3. The van der Waals surface area contributed by atoms with Crippen LogP contribution in [-0.4, -0.2) is 29.9 Å². The molecule has 2 aliphatic rings. The summed E-state index contributed by atoms with van der Waals surface area (Å²) in [7, 11) is 0. The predicted octanol–water partition coefficient (Wildman–Crippen LogP) is 4.57. The summed E-state index contributed by atoms with van der Waals surface area (Å²) >= 11 is 0. The van der Waals surface area contributed by atoms with Crippen molar-refractivity contribution in [3.63, 3.8) is 0 Å². The van der Waals surface area contributed by atoms with Gasteiger partial charge in [0.1, 0.15) is 6.10 Å². The molecule has 5 nitrogen and oxygen atoms in total. The fraction of sp³-hybridized carbons (Fsp3) is 0.625. The van der Waals surface area contributed by atoms with Crippen LogP contribution in [0.25, 0.3) is 0 Å². The SMILES string of the molecule is C=C1C=C2[C@@H](CC1)[C@H](C)[C@H](OC(C)=O)C[C@H]2[C@H](C)[C@@H](OC(C)=O)C(=O)C=C(C)C. The lowest BCUT2D eigenvalue weighted by atomic mass is 9.61. The molecule has 0 aliphatic heterocycles. The molecule has 0 bridgehead atoms. The molecule has 0 spiro atoms. The summed E-state index contributed by atoms with van der Waals surface area (Å²) in [6.45, 7) is 14.6. The average Bonchev–Trinajstić information content (AvgIpc) is 2.60. The third-order valence-electron chi connectivity index (χ3n) is 6.14. The lowest BCUT2D eigenvalue weighted by Gasteiger charge is -2.46. The summed E-state index contributed by atoms with van der Waals surface area (Å²) in [5.41, 5.74) is 3.18. The van der Waals surface area contributed by atoms with Crippen molar-refractivity contribution >= 4 is 17.7 Å². The van der Waals surface area contributed by atoms with Gasteiger partial charge >= 0.3 is 11.9 Å². The maximum absolute atomic E-state index is 12.8. The van der Waals surface area contributed by atoms with Gasteiger partial charge in [-0.1, -0.05) is 43.2 Å². The van der Waals surface area contributed by atoms with E-state index in [0.29, 0.717) is 6.42 Å². The highest BCUT2D eigenvalue weighted by Crippen LogP contribution is 2.48. The van der Waals surface area contributed by atoms with Crippen molar-refractivity contribution in [3.8, 4) is 0 Å². The third-order valence-corrected chi connectivity index (χ3v) is 6.14. The molecule has 2 aliphatic carbocycles. The van der Waals surface area contributed by atoms with Crippen LogP contribution < -0.4 is 0 Å². The Balaban J connectivity index is 2.42. The van der Waals surface area contributed by atoms with Crippen LogP contribution in [-0.2, 0) is 23.9 Å². The minimum absolute atomic E-state index is 0.0311. The fourth-order valence-corrected chi connectivity index (χ4v) is 4.80. The van der Waals surface area contributed by atoms with Gasteiger partial charge in [0.25, 0.3) is 0 Å². The minimum Gasteiger partial charge on any atom is -0.462 e. The van der Waals surface area contributed by atoms with Crippen molar-refractivity contribution < 1.29 is 23.9 Å². The molecule has 6 atom stereocenters. The van der Waals surface area contributed by atoms with E-state index in [1.807, 2.05) is 20.8 Å². The molecule has 0 aromatic heterocycles. The standard InChI is InChI=1S/C24H34O5/c1-13(2)10-22(27)24(29-18(7)26)16(5)20-12-23(28-17(6)25)15(4)19-9-8-14(3)11-21(19)20/h10-11,15-16,19-20,23-24H,3,8-9,12H2,1-2,4-7H3/t15-,16-,19-,20-,23+,24+/m0/s1. The van der Waals surface area contributed by atoms with Gasteiger partial charge in [-0.05, 0) is 56.9 Å². The second-order valence-corrected chi connectivity index (χ2v) is 8.81. The quantitative estimate of drug-likeness (QED) is 0.481. The summed E-state index contributed by atoms with van der Waals surface area (Å²) in [5, 5.41) is 0. The second-order valence-electron chi connectivity index (χ2n) is 8.81. The van der Waals surface area contributed by atoms with E-state index in [4.69, 9.17) is 9.47 Å². The van der Waals surface area contributed by atoms with Gasteiger partial charge in [0.15, 0.2) is 11.9 Å². The molecular weight excluding hydrogens is 368 g/mol. The lowest BCUT2D eigenvalue weighted by molar-refractivity contribution is -0.158. The van der Waals surface area contributed by atoms with Crippen molar-refractivity contribution in [2.45, 2.75) is 73.0 Å². The Morgan fingerprint density at radius 3 is 2.38 bits per heavy atom. The molecule has 0 N–H and O–H groups in total. The molecule has 2 rings (SSSR count). The van der Waals surface area contributed by atoms with Crippen LogP contribution in [0, 0.1) is 23.7 Å². The van der Waals surface area contributed by atoms with E-state index >= 15 is 0 Å². The first-order valence-electron chi connectivity index (χ1n) is 10.4. The number of hydrogen-bond acceptors (Lipinski definition) is 5. The van der Waals surface area contributed by atoms with Crippen molar-refractivity contribution in [2.75, 3.05) is 0 Å². The molecule has 0 heterocycles. The first-order chi connectivity index (χ1) is 13.5. The number of esters is 2. The van der Waals surface area contributed by atoms with Crippen LogP contribution in [0.1, 0.15) is 60.8 Å². The van der Waals surface area contributed by atoms with E-state index in [-0.39, 0.29) is 41.5 Å². The maximum Gasteiger partial charge on any atom is 0.303 e. The number of ether oxygens (including phenoxy) is 2. The van der Waals surface area contributed by atoms with E-state index in [1.54, 1.807) is 0 Å². The number of fused-ring (bicyclic) bond motifs is 1. The van der Waals surface area contributed by atoms with E-state index in [1.165, 1.54) is 25.5 Å². The Morgan fingerprint density at radius 1 is 1.17 bits per heavy atom. The summed E-state index contributed by atoms with van der Waals surface area (Å²) in [6.07, 6.45) is 5.07. The molecule has 0 unspecified atom stereocenters. The lowest BCUT2D eigenvalue weighted by Crippen LogP contribution is -2.46. The minimum atomic E-state index is -0.865. The smallest absolute Gasteiger partial charge is 0.303 e. The van der Waals surface area contributed by atoms with Gasteiger partial charge in [-0.25, -0.2) is 0 Å². The topological polar surface area (TPSA) is 69.7 Å². The predicted molar refractivity (Wildman–Crippen MR) is 112 cm³/mol. The average molecular weight is 403 g/mol. The van der Waals surface area contributed by atoms with Gasteiger partial charge in [-0.2, -0.15) is 0 Å². The van der Waals surface area contributed by atoms with E-state index in [0.717, 1.165) is 24.0 Å². The van der Waals surface area contributed by atoms with Crippen LogP contribution in [0.2, 0.25) is 0 Å². The van der Waals surface area contributed by atoms with Crippen molar-refractivity contribution in [3.05, 3.63) is 35.5 Å². The molecule has 1 fully saturated rings. The summed E-state index contributed by atoms with van der Waals surface area (Å²) in [6, 6.07) is 0. The molecule has 0 aromatic rings. The van der Waals surface area contributed by atoms with Gasteiger partial charge in [0.2, 0.25) is 0 Å². The summed E-state index contributed by atoms with van der Waals surface area (Å²) < 4.78 is 11.1. The van der Waals surface area contributed by atoms with Crippen molar-refractivity contribution in [2.24, 2.45) is 23.7 Å². The molecule has 5 heteroatoms. The first-order valence-corrected chi connectivity index (χ1v) is 10.4. The van der Waals surface area contributed by atoms with Crippen LogP contribution in [0.15, 0.2) is 35.5 Å². The van der Waals surface area contributed by atoms with Gasteiger partial charge in [0, 0.05) is 19.8 Å². The van der Waals surface area contributed by atoms with E-state index in [2.05, 4.69) is 19.6 Å². The molecule has 29 heavy (non-hydrogen) atoms. The first kappa shape index (κ1) is 23.1. The zero-order valence-electron chi connectivity index (χ0n) is 18.5. The number of carbonyl (C=O) groups excluding carboxylic acids is 3. The monoisotopic (exact) mass is 402 g/mol. The molecule has 160 valence electrons. The highest BCUT2D eigenvalue weighted by Gasteiger charge is 2.46. The highest BCUT2D eigenvalue weighted by molar-refractivity contribution is 5.95. The zero-order chi connectivity index (χ0) is 21.9. The highest BCUT2D eigenvalue weighted by atomic mass is 16.5. The molecule has 0 aromatic carbocycles. The Labute approximate surface area is 174 Å². The Kier molecular flexibility index (Phi) is 7.61. The van der Waals surface area contributed by atoms with Crippen LogP contribution >= 0.6 is 0 Å². The van der Waals surface area contributed by atoms with Crippen LogP contribution in [0.4, 0.5) is 0 Å². The van der Waals surface area contributed by atoms with Crippen molar-refractivity contribution in [1.29, 1.82) is 0 Å². The van der Waals surface area contributed by atoms with E-state index < -0.39 is 12.1 Å². The van der Waals surface area contributed by atoms with Crippen LogP contribution in [0.3, 0.4) is 0 Å². The van der Waals surface area contributed by atoms with Crippen LogP contribution in [0.5, 0.6) is 0 Å². The Bertz CT molecular complexity index is 740. The molecule has 0 saturated heterocycles. The number of carbonyl (C=O) groups is 3. The number of allylic oxidation sites excluding steroid dienone is 4. The molecule has 0 radical (unpaired) electrons. The van der Waals surface area contributed by atoms with Gasteiger partial charge in [-0.15, -0.1) is 0 Å². The van der Waals surface area contributed by atoms with E-state index in [9.17, 15) is 14.4 Å². The largest absolute Gasteiger partial charge is 0.462 e. The van der Waals surface area contributed by atoms with Gasteiger partial charge in [0.05, 0.1) is 0 Å². The third kappa shape index (κ3) is 5.68. The molecular formula is C24H34O5. The Morgan fingerprint density at radius 2 is 1.83 bits per heavy atom. The fourth-order valence-electron chi connectivity index (χ4n) is 4.80. The zero-order valence-corrected chi connectivity index (χ0v) is 18.5. The summed E-state index contributed by atoms with van der Waals surface area (Å²) in [5.74, 6) is -0.787. The number of hydrogen-bond donors (Lipinski definition) is 0. The van der Waals surface area contributed by atoms with Gasteiger partial charge < -0.3 is 9.47 Å². The maximum atomic E-state index is 12.8. The summed E-state index contributed by atoms with van der Waals surface area (Å²) in [4.78, 5) is 36.3. The number of rotatable bonds is 6. The van der Waals surface area contributed by atoms with Crippen molar-refractivity contribution in [1.82, 2.24) is 0 Å². The number of ketones is 1. The molecule has 1 saturated carbocycles. The molecule has 0 amide bonds. The van der Waals surface area contributed by atoms with Gasteiger partial charge in [-0.3, -0.25) is 14.4 Å².